The Morgan fingerprint density at radius 2 is 1.71 bits per heavy atom. The third-order valence-corrected chi connectivity index (χ3v) is 6.52. The maximum Gasteiger partial charge on any atom is 0.0328 e. The summed E-state index contributed by atoms with van der Waals surface area (Å²) in [7, 11) is 0. The van der Waals surface area contributed by atoms with Gasteiger partial charge in [0.05, 0.1) is 0 Å². The average molecular weight is 349 g/mol. The summed E-state index contributed by atoms with van der Waals surface area (Å²) in [6, 6.07) is 4.80. The van der Waals surface area contributed by atoms with E-state index < -0.39 is 0 Å². The van der Waals surface area contributed by atoms with Crippen LogP contribution in [0.5, 0.6) is 0 Å². The van der Waals surface area contributed by atoms with Crippen LogP contribution in [0, 0.1) is 11.8 Å². The van der Waals surface area contributed by atoms with Crippen molar-refractivity contribution in [2.24, 2.45) is 11.8 Å². The molecule has 1 saturated carbocycles. The van der Waals surface area contributed by atoms with Crippen LogP contribution in [0.1, 0.15) is 41.4 Å². The molecule has 1 N–H and O–H groups in total. The number of nitrogens with one attached hydrogen (secondary N) is 1. The first-order valence-electron chi connectivity index (χ1n) is 7.90. The number of hydrogen-bond donors (Lipinski definition) is 1. The first kappa shape index (κ1) is 17.6. The summed E-state index contributed by atoms with van der Waals surface area (Å²) >= 11 is 2.09. The quantitative estimate of drug-likeness (QED) is 0.890. The summed E-state index contributed by atoms with van der Waals surface area (Å²) in [6.45, 7) is 6.32. The van der Waals surface area contributed by atoms with Gasteiger partial charge in [0.1, 0.15) is 0 Å². The highest BCUT2D eigenvalue weighted by Crippen LogP contribution is 2.38. The minimum Gasteiger partial charge on any atom is -0.316 e. The van der Waals surface area contributed by atoms with Crippen LogP contribution >= 0.6 is 36.2 Å². The van der Waals surface area contributed by atoms with E-state index >= 15 is 0 Å². The smallest absolute Gasteiger partial charge is 0.0328 e. The van der Waals surface area contributed by atoms with Crippen LogP contribution in [0.2, 0.25) is 0 Å². The molecule has 2 atom stereocenters. The molecule has 0 unspecified atom stereocenters. The maximum atomic E-state index is 3.53. The van der Waals surface area contributed by atoms with Crippen molar-refractivity contribution in [1.29, 1.82) is 0 Å². The Kier molecular flexibility index (Phi) is 6.39. The Hall–Kier alpha value is 0.200. The van der Waals surface area contributed by atoms with E-state index in [0.29, 0.717) is 0 Å². The fourth-order valence-electron chi connectivity index (χ4n) is 4.21. The number of rotatable bonds is 3. The Balaban J connectivity index is 0.000000807. The molecule has 2 saturated heterocycles. The van der Waals surface area contributed by atoms with Crippen molar-refractivity contribution in [2.75, 3.05) is 26.2 Å². The predicted octanol–water partition coefficient (Wildman–Crippen LogP) is 3.90. The minimum atomic E-state index is 0. The average Bonchev–Trinajstić information content (AvgIpc) is 3.12. The zero-order valence-electron chi connectivity index (χ0n) is 12.4. The lowest BCUT2D eigenvalue weighted by Gasteiger charge is -2.15. The van der Waals surface area contributed by atoms with Gasteiger partial charge in [-0.3, -0.25) is 4.90 Å². The van der Waals surface area contributed by atoms with Crippen molar-refractivity contribution < 1.29 is 0 Å². The molecule has 2 aliphatic heterocycles. The molecule has 1 aromatic heterocycles. The molecule has 0 radical (unpaired) electrons. The second-order valence-corrected chi connectivity index (χ2v) is 7.86. The Labute approximate surface area is 144 Å². The first-order chi connectivity index (χ1) is 9.38. The molecule has 3 heterocycles. The van der Waals surface area contributed by atoms with Gasteiger partial charge in [0.15, 0.2) is 0 Å². The predicted molar refractivity (Wildman–Crippen MR) is 95.2 cm³/mol. The zero-order chi connectivity index (χ0) is 12.7. The third kappa shape index (κ3) is 3.76. The van der Waals surface area contributed by atoms with E-state index in [1.54, 1.807) is 9.75 Å². The van der Waals surface area contributed by atoms with Crippen LogP contribution in [-0.4, -0.2) is 31.1 Å². The highest BCUT2D eigenvalue weighted by Gasteiger charge is 2.35. The SMILES string of the molecule is Cl.Cl.c1cc(C2CCCC2)sc1CN1C[C@H]2CNC[C@H]2C1. The van der Waals surface area contributed by atoms with Crippen LogP contribution in [0.15, 0.2) is 12.1 Å². The third-order valence-electron chi connectivity index (χ3n) is 5.28. The number of likely N-dealkylation sites (tertiary alicyclic amines) is 1. The summed E-state index contributed by atoms with van der Waals surface area (Å²) in [5, 5.41) is 3.53. The topological polar surface area (TPSA) is 15.3 Å². The Bertz CT molecular complexity index is 433. The number of halogens is 2. The lowest BCUT2D eigenvalue weighted by Crippen LogP contribution is -2.25. The van der Waals surface area contributed by atoms with Crippen LogP contribution in [0.3, 0.4) is 0 Å². The summed E-state index contributed by atoms with van der Waals surface area (Å²) < 4.78 is 0. The number of thiophene rings is 1. The summed E-state index contributed by atoms with van der Waals surface area (Å²) in [6.07, 6.45) is 5.75. The van der Waals surface area contributed by atoms with Crippen molar-refractivity contribution in [3.63, 3.8) is 0 Å². The van der Waals surface area contributed by atoms with E-state index in [-0.39, 0.29) is 24.8 Å². The van der Waals surface area contributed by atoms with E-state index in [4.69, 9.17) is 0 Å². The van der Waals surface area contributed by atoms with Gasteiger partial charge in [0, 0.05) is 29.4 Å². The molecule has 0 spiro atoms. The van der Waals surface area contributed by atoms with Gasteiger partial charge in [-0.05, 0) is 55.8 Å². The minimum absolute atomic E-state index is 0. The molecule has 1 aromatic rings. The zero-order valence-corrected chi connectivity index (χ0v) is 14.9. The lowest BCUT2D eigenvalue weighted by atomic mass is 10.0. The molecule has 3 fully saturated rings. The van der Waals surface area contributed by atoms with Gasteiger partial charge in [0.25, 0.3) is 0 Å². The molecule has 4 rings (SSSR count). The van der Waals surface area contributed by atoms with Gasteiger partial charge >= 0.3 is 0 Å². The van der Waals surface area contributed by atoms with Gasteiger partial charge in [0.2, 0.25) is 0 Å². The standard InChI is InChI=1S/C16H24N2S.2ClH/c1-2-4-12(3-1)16-6-5-15(19-16)11-18-9-13-7-17-8-14(13)10-18;;/h5-6,12-14,17H,1-4,7-11H2;2*1H/t13-,14+;;. The summed E-state index contributed by atoms with van der Waals surface area (Å²) in [4.78, 5) is 5.93. The van der Waals surface area contributed by atoms with E-state index in [9.17, 15) is 0 Å². The molecule has 1 aliphatic carbocycles. The molecule has 5 heteroatoms. The van der Waals surface area contributed by atoms with Gasteiger partial charge in [-0.15, -0.1) is 36.2 Å². The monoisotopic (exact) mass is 348 g/mol. The maximum absolute atomic E-state index is 3.53. The Morgan fingerprint density at radius 3 is 2.38 bits per heavy atom. The lowest BCUT2D eigenvalue weighted by molar-refractivity contribution is 0.308. The van der Waals surface area contributed by atoms with Crippen molar-refractivity contribution in [1.82, 2.24) is 10.2 Å². The molecule has 21 heavy (non-hydrogen) atoms. The second-order valence-electron chi connectivity index (χ2n) is 6.66. The molecule has 2 nitrogen and oxygen atoms in total. The fourth-order valence-corrected chi connectivity index (χ4v) is 5.44. The van der Waals surface area contributed by atoms with Crippen molar-refractivity contribution >= 4 is 36.2 Å². The van der Waals surface area contributed by atoms with Crippen LogP contribution in [0.4, 0.5) is 0 Å². The highest BCUT2D eigenvalue weighted by molar-refractivity contribution is 7.12. The van der Waals surface area contributed by atoms with E-state index in [0.717, 1.165) is 17.8 Å². The van der Waals surface area contributed by atoms with Crippen LogP contribution < -0.4 is 5.32 Å². The second kappa shape index (κ2) is 7.65. The molecular formula is C16H26Cl2N2S. The van der Waals surface area contributed by atoms with Gasteiger partial charge in [-0.1, -0.05) is 12.8 Å². The van der Waals surface area contributed by atoms with Gasteiger partial charge in [-0.25, -0.2) is 0 Å². The molecule has 120 valence electrons. The van der Waals surface area contributed by atoms with Crippen LogP contribution in [-0.2, 0) is 6.54 Å². The molecular weight excluding hydrogens is 323 g/mol. The number of fused-ring (bicyclic) bond motifs is 1. The Morgan fingerprint density at radius 1 is 1.05 bits per heavy atom. The van der Waals surface area contributed by atoms with Crippen molar-refractivity contribution in [2.45, 2.75) is 38.1 Å². The van der Waals surface area contributed by atoms with E-state index in [1.165, 1.54) is 58.4 Å². The summed E-state index contributed by atoms with van der Waals surface area (Å²) in [5.74, 6) is 2.74. The molecule has 0 bridgehead atoms. The van der Waals surface area contributed by atoms with E-state index in [1.807, 2.05) is 0 Å². The molecule has 0 amide bonds. The van der Waals surface area contributed by atoms with Crippen LogP contribution in [0.25, 0.3) is 0 Å². The van der Waals surface area contributed by atoms with E-state index in [2.05, 4.69) is 33.7 Å². The summed E-state index contributed by atoms with van der Waals surface area (Å²) in [5.41, 5.74) is 0. The van der Waals surface area contributed by atoms with Gasteiger partial charge < -0.3 is 5.32 Å². The normalized spacial score (nSPS) is 29.1. The van der Waals surface area contributed by atoms with Crippen molar-refractivity contribution in [3.8, 4) is 0 Å². The first-order valence-corrected chi connectivity index (χ1v) is 8.72. The van der Waals surface area contributed by atoms with Crippen molar-refractivity contribution in [3.05, 3.63) is 21.9 Å². The van der Waals surface area contributed by atoms with Gasteiger partial charge in [-0.2, -0.15) is 0 Å². The largest absolute Gasteiger partial charge is 0.316 e. The molecule has 0 aromatic carbocycles. The molecule has 3 aliphatic rings. The number of nitrogens with zero attached hydrogens (tertiary/aromatic N) is 1. The fraction of sp³-hybridized carbons (Fsp3) is 0.750. The highest BCUT2D eigenvalue weighted by atomic mass is 35.5. The number of hydrogen-bond acceptors (Lipinski definition) is 3.